The van der Waals surface area contributed by atoms with Crippen LogP contribution in [0.3, 0.4) is 0 Å². The topological polar surface area (TPSA) is 17.6 Å². The van der Waals surface area contributed by atoms with Crippen molar-refractivity contribution in [2.24, 2.45) is 0 Å². The predicted octanol–water partition coefficient (Wildman–Crippen LogP) is 15.3. The Kier molecular flexibility index (Phi) is 31.3. The van der Waals surface area contributed by atoms with Gasteiger partial charge in [-0.1, -0.05) is 207 Å². The molecule has 0 aliphatic heterocycles. The summed E-state index contributed by atoms with van der Waals surface area (Å²) in [6.45, 7) is 13.8. The molecule has 2 aromatic rings. The van der Waals surface area contributed by atoms with Crippen LogP contribution in [0, 0.1) is 0 Å². The van der Waals surface area contributed by atoms with E-state index in [9.17, 15) is 0 Å². The molecule has 0 aromatic carbocycles. The van der Waals surface area contributed by atoms with Crippen molar-refractivity contribution < 1.29 is 9.13 Å². The lowest BCUT2D eigenvalue weighted by molar-refractivity contribution is -0.715. The molecule has 2 rings (SSSR count). The SMILES string of the molecule is CCCCCCCCCCCCCCCCCn1cc[n+](CCCCC)c1-c1n(CCCC)cc[n+]1CCCCCCCCCCCCCCCCC. The monoisotopic (exact) mass is 739 g/mol. The first kappa shape index (κ1) is 47.6. The van der Waals surface area contributed by atoms with Gasteiger partial charge in [-0.15, -0.1) is 0 Å². The summed E-state index contributed by atoms with van der Waals surface area (Å²) >= 11 is 0. The molecule has 0 aliphatic rings. The summed E-state index contributed by atoms with van der Waals surface area (Å²) in [6, 6.07) is 0. The van der Waals surface area contributed by atoms with E-state index in [4.69, 9.17) is 0 Å². The van der Waals surface area contributed by atoms with Gasteiger partial charge in [0.15, 0.2) is 0 Å². The fraction of sp³-hybridized carbons (Fsp3) is 0.878. The van der Waals surface area contributed by atoms with E-state index in [0.717, 1.165) is 26.2 Å². The Labute approximate surface area is 332 Å². The van der Waals surface area contributed by atoms with E-state index in [2.05, 4.69) is 70.8 Å². The summed E-state index contributed by atoms with van der Waals surface area (Å²) in [5.41, 5.74) is 0. The summed E-state index contributed by atoms with van der Waals surface area (Å²) in [7, 11) is 0. The third-order valence-electron chi connectivity index (χ3n) is 11.9. The molecule has 0 atom stereocenters. The number of hydrogen-bond acceptors (Lipinski definition) is 0. The molecular formula is C49H94N4+2. The van der Waals surface area contributed by atoms with Crippen LogP contribution in [0.2, 0.25) is 0 Å². The summed E-state index contributed by atoms with van der Waals surface area (Å²) < 4.78 is 10.4. The quantitative estimate of drug-likeness (QED) is 0.0479. The highest BCUT2D eigenvalue weighted by atomic mass is 15.2. The van der Waals surface area contributed by atoms with Gasteiger partial charge in [-0.2, -0.15) is 0 Å². The summed E-state index contributed by atoms with van der Waals surface area (Å²) in [4.78, 5) is 0. The standard InChI is InChI=1S/C49H94N4/c1-5-9-13-15-17-19-21-23-25-27-29-31-33-35-38-42-52-45-44-50(40-12-8-4)48(52)49-51(41-37-11-7-3)46-47-53(49)43-39-36-34-32-30-28-26-24-22-20-18-16-14-10-6-2/h44-47H,5-43H2,1-4H3/q+2. The lowest BCUT2D eigenvalue weighted by atomic mass is 10.0. The average Bonchev–Trinajstić information content (AvgIpc) is 3.76. The molecule has 0 aliphatic carbocycles. The molecule has 0 radical (unpaired) electrons. The molecule has 0 amide bonds. The first-order valence-corrected chi connectivity index (χ1v) is 24.4. The van der Waals surface area contributed by atoms with E-state index >= 15 is 0 Å². The van der Waals surface area contributed by atoms with Crippen LogP contribution in [0.1, 0.15) is 252 Å². The van der Waals surface area contributed by atoms with Crippen LogP contribution < -0.4 is 9.13 Å². The number of unbranched alkanes of at least 4 members (excludes halogenated alkanes) is 31. The maximum atomic E-state index is 2.62. The van der Waals surface area contributed by atoms with Crippen molar-refractivity contribution in [3.8, 4) is 11.6 Å². The van der Waals surface area contributed by atoms with Crippen LogP contribution in [-0.4, -0.2) is 9.13 Å². The van der Waals surface area contributed by atoms with E-state index in [1.807, 2.05) is 0 Å². The number of aryl methyl sites for hydroxylation is 4. The minimum absolute atomic E-state index is 1.12. The molecule has 2 heterocycles. The zero-order valence-corrected chi connectivity index (χ0v) is 36.7. The van der Waals surface area contributed by atoms with Crippen LogP contribution >= 0.6 is 0 Å². The number of hydrogen-bond donors (Lipinski definition) is 0. The Morgan fingerprint density at radius 2 is 0.547 bits per heavy atom. The highest BCUT2D eigenvalue weighted by Gasteiger charge is 2.32. The Morgan fingerprint density at radius 3 is 0.887 bits per heavy atom. The third-order valence-corrected chi connectivity index (χ3v) is 11.9. The second-order valence-corrected chi connectivity index (χ2v) is 17.0. The lowest BCUT2D eigenvalue weighted by Gasteiger charge is -2.08. The first-order chi connectivity index (χ1) is 26.3. The Hall–Kier alpha value is -1.58. The Morgan fingerprint density at radius 1 is 0.302 bits per heavy atom. The molecule has 4 nitrogen and oxygen atoms in total. The number of imidazole rings is 2. The molecule has 4 heteroatoms. The molecule has 308 valence electrons. The molecular weight excluding hydrogens is 645 g/mol. The Bertz CT molecular complexity index is 1050. The smallest absolute Gasteiger partial charge is 0.223 e. The molecule has 0 saturated carbocycles. The van der Waals surface area contributed by atoms with E-state index in [0.29, 0.717) is 0 Å². The van der Waals surface area contributed by atoms with Gasteiger partial charge in [0.25, 0.3) is 0 Å². The maximum Gasteiger partial charge on any atom is 0.373 e. The van der Waals surface area contributed by atoms with Crippen LogP contribution in [0.4, 0.5) is 0 Å². The highest BCUT2D eigenvalue weighted by molar-refractivity contribution is 5.36. The zero-order valence-electron chi connectivity index (χ0n) is 36.7. The molecule has 0 unspecified atom stereocenters. The number of rotatable bonds is 40. The van der Waals surface area contributed by atoms with Crippen LogP contribution in [0.25, 0.3) is 11.6 Å². The van der Waals surface area contributed by atoms with Crippen LogP contribution in [-0.2, 0) is 26.2 Å². The van der Waals surface area contributed by atoms with Crippen molar-refractivity contribution >= 4 is 0 Å². The molecule has 53 heavy (non-hydrogen) atoms. The summed E-state index contributed by atoms with van der Waals surface area (Å²) in [6.07, 6.45) is 58.7. The average molecular weight is 739 g/mol. The van der Waals surface area contributed by atoms with E-state index in [1.54, 1.807) is 0 Å². The largest absolute Gasteiger partial charge is 0.373 e. The minimum Gasteiger partial charge on any atom is -0.223 e. The van der Waals surface area contributed by atoms with Crippen molar-refractivity contribution in [2.75, 3.05) is 0 Å². The summed E-state index contributed by atoms with van der Waals surface area (Å²) in [5.74, 6) is 2.90. The van der Waals surface area contributed by atoms with Gasteiger partial charge in [-0.25, -0.2) is 18.3 Å². The van der Waals surface area contributed by atoms with Crippen molar-refractivity contribution in [3.63, 3.8) is 0 Å². The van der Waals surface area contributed by atoms with Gasteiger partial charge in [-0.3, -0.25) is 0 Å². The number of aromatic nitrogens is 4. The zero-order chi connectivity index (χ0) is 37.9. The molecule has 0 spiro atoms. The van der Waals surface area contributed by atoms with Gasteiger partial charge in [-0.05, 0) is 44.9 Å². The Balaban J connectivity index is 1.80. The van der Waals surface area contributed by atoms with Crippen molar-refractivity contribution in [2.45, 2.75) is 279 Å². The van der Waals surface area contributed by atoms with Crippen LogP contribution in [0.5, 0.6) is 0 Å². The van der Waals surface area contributed by atoms with Gasteiger partial charge in [0.2, 0.25) is 0 Å². The minimum atomic E-state index is 1.12. The maximum absolute atomic E-state index is 2.62. The highest BCUT2D eigenvalue weighted by Crippen LogP contribution is 2.19. The molecule has 0 fully saturated rings. The van der Waals surface area contributed by atoms with E-state index < -0.39 is 0 Å². The van der Waals surface area contributed by atoms with Crippen molar-refractivity contribution in [1.82, 2.24) is 9.13 Å². The van der Waals surface area contributed by atoms with E-state index in [1.165, 1.54) is 236 Å². The lowest BCUT2D eigenvalue weighted by Crippen LogP contribution is -2.43. The number of nitrogens with zero attached hydrogens (tertiary/aromatic N) is 4. The van der Waals surface area contributed by atoms with Gasteiger partial charge >= 0.3 is 11.6 Å². The second kappa shape index (κ2) is 34.9. The van der Waals surface area contributed by atoms with Gasteiger partial charge < -0.3 is 0 Å². The van der Waals surface area contributed by atoms with Crippen molar-refractivity contribution in [1.29, 1.82) is 0 Å². The van der Waals surface area contributed by atoms with Gasteiger partial charge in [0, 0.05) is 0 Å². The second-order valence-electron chi connectivity index (χ2n) is 17.0. The first-order valence-electron chi connectivity index (χ1n) is 24.4. The fourth-order valence-electron chi connectivity index (χ4n) is 8.34. The fourth-order valence-corrected chi connectivity index (χ4v) is 8.34. The van der Waals surface area contributed by atoms with Gasteiger partial charge in [0.1, 0.15) is 24.8 Å². The normalized spacial score (nSPS) is 11.7. The predicted molar refractivity (Wildman–Crippen MR) is 233 cm³/mol. The summed E-state index contributed by atoms with van der Waals surface area (Å²) in [5, 5.41) is 0. The van der Waals surface area contributed by atoms with Crippen molar-refractivity contribution in [3.05, 3.63) is 24.8 Å². The van der Waals surface area contributed by atoms with Gasteiger partial charge in [0.05, 0.1) is 26.2 Å². The van der Waals surface area contributed by atoms with Crippen LogP contribution in [0.15, 0.2) is 24.8 Å². The molecule has 0 saturated heterocycles. The van der Waals surface area contributed by atoms with E-state index in [-0.39, 0.29) is 0 Å². The molecule has 2 aromatic heterocycles. The molecule has 0 N–H and O–H groups in total. The third kappa shape index (κ3) is 23.2. The molecule has 0 bridgehead atoms.